The summed E-state index contributed by atoms with van der Waals surface area (Å²) in [4.78, 5) is 11.1. The molecule has 4 heteroatoms. The van der Waals surface area contributed by atoms with E-state index in [4.69, 9.17) is 15.2 Å². The molecule has 23 heavy (non-hydrogen) atoms. The first-order valence-electron chi connectivity index (χ1n) is 7.56. The maximum absolute atomic E-state index is 11.1. The third-order valence-electron chi connectivity index (χ3n) is 3.29. The summed E-state index contributed by atoms with van der Waals surface area (Å²) in [5, 5.41) is 0. The molecule has 4 nitrogen and oxygen atoms in total. The zero-order chi connectivity index (χ0) is 16.7. The lowest BCUT2D eigenvalue weighted by Crippen LogP contribution is -2.08. The van der Waals surface area contributed by atoms with Crippen molar-refractivity contribution < 1.29 is 14.3 Å². The second-order valence-electron chi connectivity index (χ2n) is 5.04. The zero-order valence-corrected chi connectivity index (χ0v) is 13.4. The summed E-state index contributed by atoms with van der Waals surface area (Å²) in [6.45, 7) is 4.32. The van der Waals surface area contributed by atoms with Crippen molar-refractivity contribution in [1.29, 1.82) is 0 Å². The van der Waals surface area contributed by atoms with Gasteiger partial charge in [0.1, 0.15) is 17.6 Å². The van der Waals surface area contributed by atoms with Gasteiger partial charge in [0.05, 0.1) is 6.61 Å². The van der Waals surface area contributed by atoms with Crippen LogP contribution in [-0.2, 0) is 9.53 Å². The molecular formula is C19H21NO3. The highest BCUT2D eigenvalue weighted by Gasteiger charge is 2.08. The summed E-state index contributed by atoms with van der Waals surface area (Å²) < 4.78 is 11.4. The van der Waals surface area contributed by atoms with Crippen LogP contribution in [0.2, 0.25) is 0 Å². The van der Waals surface area contributed by atoms with Crippen molar-refractivity contribution >= 4 is 11.7 Å². The Balaban J connectivity index is 2.11. The van der Waals surface area contributed by atoms with E-state index in [0.29, 0.717) is 12.4 Å². The number of rotatable bonds is 7. The molecule has 0 spiro atoms. The summed E-state index contributed by atoms with van der Waals surface area (Å²) in [7, 11) is 0. The molecule has 1 atom stereocenters. The number of hydrogen-bond donors (Lipinski definition) is 1. The summed E-state index contributed by atoms with van der Waals surface area (Å²) in [6, 6.07) is 17.4. The lowest BCUT2D eigenvalue weighted by Gasteiger charge is -2.15. The molecule has 1 unspecified atom stereocenters. The number of hydrogen-bond acceptors (Lipinski definition) is 3. The van der Waals surface area contributed by atoms with Crippen LogP contribution in [0.4, 0.5) is 0 Å². The van der Waals surface area contributed by atoms with Gasteiger partial charge in [0.2, 0.25) is 5.91 Å². The van der Waals surface area contributed by atoms with Gasteiger partial charge < -0.3 is 15.2 Å². The summed E-state index contributed by atoms with van der Waals surface area (Å²) in [5.74, 6) is 0.675. The van der Waals surface area contributed by atoms with Crippen molar-refractivity contribution in [1.82, 2.24) is 0 Å². The third kappa shape index (κ3) is 4.88. The second kappa shape index (κ2) is 8.03. The molecule has 2 rings (SSSR count). The molecule has 0 bridgehead atoms. The highest BCUT2D eigenvalue weighted by molar-refractivity contribution is 5.92. The van der Waals surface area contributed by atoms with Gasteiger partial charge in [-0.1, -0.05) is 30.3 Å². The van der Waals surface area contributed by atoms with Crippen LogP contribution in [0, 0.1) is 0 Å². The maximum atomic E-state index is 11.1. The highest BCUT2D eigenvalue weighted by atomic mass is 16.5. The van der Waals surface area contributed by atoms with Gasteiger partial charge in [0, 0.05) is 11.6 Å². The first-order chi connectivity index (χ1) is 11.1. The van der Waals surface area contributed by atoms with Crippen molar-refractivity contribution in [3.63, 3.8) is 0 Å². The Morgan fingerprint density at radius 3 is 2.35 bits per heavy atom. The summed E-state index contributed by atoms with van der Waals surface area (Å²) in [6.07, 6.45) is 1.24. The Hall–Kier alpha value is -2.75. The van der Waals surface area contributed by atoms with E-state index in [0.717, 1.165) is 16.9 Å². The van der Waals surface area contributed by atoms with Crippen LogP contribution in [0.5, 0.6) is 5.75 Å². The lowest BCUT2D eigenvalue weighted by molar-refractivity contribution is -0.113. The van der Waals surface area contributed by atoms with Gasteiger partial charge >= 0.3 is 0 Å². The fourth-order valence-corrected chi connectivity index (χ4v) is 2.19. The number of ether oxygens (including phenoxy) is 2. The van der Waals surface area contributed by atoms with E-state index in [-0.39, 0.29) is 6.10 Å². The van der Waals surface area contributed by atoms with Gasteiger partial charge in [-0.25, -0.2) is 0 Å². The predicted octanol–water partition coefficient (Wildman–Crippen LogP) is 3.69. The van der Waals surface area contributed by atoms with Gasteiger partial charge in [-0.2, -0.15) is 0 Å². The number of carbonyl (C=O) groups is 1. The van der Waals surface area contributed by atoms with Crippen molar-refractivity contribution in [3.8, 4) is 5.75 Å². The summed E-state index contributed by atoms with van der Waals surface area (Å²) in [5.41, 5.74) is 7.10. The standard InChI is InChI=1S/C19H21NO3/c1-3-22-18(13-19(20)21)16-9-11-17(12-10-16)23-14(2)15-7-5-4-6-8-15/h4-14H,3H2,1-2H3,(H2,20,21). The average Bonchev–Trinajstić information content (AvgIpc) is 2.55. The Bertz CT molecular complexity index is 663. The molecule has 0 aliphatic rings. The number of amides is 1. The van der Waals surface area contributed by atoms with E-state index in [1.807, 2.05) is 68.4 Å². The topological polar surface area (TPSA) is 61.5 Å². The Kier molecular flexibility index (Phi) is 5.80. The van der Waals surface area contributed by atoms with Crippen LogP contribution in [0.15, 0.2) is 60.7 Å². The molecule has 0 fully saturated rings. The van der Waals surface area contributed by atoms with Crippen LogP contribution in [0.1, 0.15) is 31.1 Å². The molecule has 0 aromatic heterocycles. The molecule has 0 saturated carbocycles. The smallest absolute Gasteiger partial charge is 0.245 e. The molecule has 120 valence electrons. The Morgan fingerprint density at radius 1 is 1.13 bits per heavy atom. The van der Waals surface area contributed by atoms with Crippen LogP contribution in [-0.4, -0.2) is 12.5 Å². The van der Waals surface area contributed by atoms with Gasteiger partial charge in [-0.15, -0.1) is 0 Å². The molecule has 2 aromatic carbocycles. The minimum Gasteiger partial charge on any atom is -0.493 e. The molecule has 0 radical (unpaired) electrons. The first-order valence-corrected chi connectivity index (χ1v) is 7.56. The minimum absolute atomic E-state index is 0.0467. The molecule has 0 heterocycles. The fourth-order valence-electron chi connectivity index (χ4n) is 2.19. The van der Waals surface area contributed by atoms with Crippen LogP contribution in [0.25, 0.3) is 5.76 Å². The van der Waals surface area contributed by atoms with Gasteiger partial charge in [0.25, 0.3) is 0 Å². The zero-order valence-electron chi connectivity index (χ0n) is 13.4. The van der Waals surface area contributed by atoms with E-state index in [1.54, 1.807) is 0 Å². The predicted molar refractivity (Wildman–Crippen MR) is 90.7 cm³/mol. The van der Waals surface area contributed by atoms with E-state index >= 15 is 0 Å². The molecule has 1 amide bonds. The van der Waals surface area contributed by atoms with Crippen LogP contribution >= 0.6 is 0 Å². The molecule has 2 aromatic rings. The Morgan fingerprint density at radius 2 is 1.78 bits per heavy atom. The van der Waals surface area contributed by atoms with E-state index in [2.05, 4.69) is 0 Å². The lowest BCUT2D eigenvalue weighted by atomic mass is 10.1. The van der Waals surface area contributed by atoms with Gasteiger partial charge in [-0.3, -0.25) is 4.79 Å². The van der Waals surface area contributed by atoms with Crippen LogP contribution < -0.4 is 10.5 Å². The van der Waals surface area contributed by atoms with Gasteiger partial charge in [0.15, 0.2) is 0 Å². The number of primary amides is 1. The molecule has 0 aliphatic heterocycles. The van der Waals surface area contributed by atoms with E-state index < -0.39 is 5.91 Å². The average molecular weight is 311 g/mol. The van der Waals surface area contributed by atoms with Crippen molar-refractivity contribution in [3.05, 3.63) is 71.8 Å². The number of benzene rings is 2. The molecule has 0 saturated heterocycles. The van der Waals surface area contributed by atoms with Gasteiger partial charge in [-0.05, 0) is 43.7 Å². The van der Waals surface area contributed by atoms with Crippen LogP contribution in [0.3, 0.4) is 0 Å². The minimum atomic E-state index is -0.536. The first kappa shape index (κ1) is 16.6. The second-order valence-corrected chi connectivity index (χ2v) is 5.04. The number of carbonyl (C=O) groups excluding carboxylic acids is 1. The van der Waals surface area contributed by atoms with Crippen molar-refractivity contribution in [2.24, 2.45) is 5.73 Å². The van der Waals surface area contributed by atoms with Crippen molar-refractivity contribution in [2.45, 2.75) is 20.0 Å². The molecular weight excluding hydrogens is 290 g/mol. The highest BCUT2D eigenvalue weighted by Crippen LogP contribution is 2.24. The quantitative estimate of drug-likeness (QED) is 0.626. The van der Waals surface area contributed by atoms with Crippen molar-refractivity contribution in [2.75, 3.05) is 6.61 Å². The molecule has 2 N–H and O–H groups in total. The number of nitrogens with two attached hydrogens (primary N) is 1. The Labute approximate surface area is 136 Å². The summed E-state index contributed by atoms with van der Waals surface area (Å²) >= 11 is 0. The molecule has 0 aliphatic carbocycles. The maximum Gasteiger partial charge on any atom is 0.245 e. The van der Waals surface area contributed by atoms with E-state index in [9.17, 15) is 4.79 Å². The third-order valence-corrected chi connectivity index (χ3v) is 3.29. The normalized spacial score (nSPS) is 12.5. The van der Waals surface area contributed by atoms with E-state index in [1.165, 1.54) is 6.08 Å². The largest absolute Gasteiger partial charge is 0.493 e. The monoisotopic (exact) mass is 311 g/mol. The fraction of sp³-hybridized carbons (Fsp3) is 0.211. The SMILES string of the molecule is CCOC(=CC(N)=O)c1ccc(OC(C)c2ccccc2)cc1.